The molecular formula is C15H15BrN2O2. The predicted molar refractivity (Wildman–Crippen MR) is 79.9 cm³/mol. The van der Waals surface area contributed by atoms with E-state index in [-0.39, 0.29) is 5.91 Å². The first-order chi connectivity index (χ1) is 9.74. The van der Waals surface area contributed by atoms with Gasteiger partial charge in [0.2, 0.25) is 0 Å². The summed E-state index contributed by atoms with van der Waals surface area (Å²) >= 11 is 3.37. The van der Waals surface area contributed by atoms with Crippen LogP contribution in [0.2, 0.25) is 0 Å². The molecule has 0 radical (unpaired) electrons. The maximum atomic E-state index is 12.3. The summed E-state index contributed by atoms with van der Waals surface area (Å²) in [7, 11) is 0. The van der Waals surface area contributed by atoms with Crippen molar-refractivity contribution in [3.05, 3.63) is 45.8 Å². The molecule has 1 N–H and O–H groups in total. The van der Waals surface area contributed by atoms with Crippen molar-refractivity contribution in [3.8, 4) is 0 Å². The lowest BCUT2D eigenvalue weighted by molar-refractivity contribution is 0.101. The third-order valence-corrected chi connectivity index (χ3v) is 4.05. The zero-order chi connectivity index (χ0) is 13.9. The van der Waals surface area contributed by atoms with Crippen LogP contribution in [0.3, 0.4) is 0 Å². The Morgan fingerprint density at radius 1 is 1.15 bits per heavy atom. The van der Waals surface area contributed by atoms with E-state index in [0.29, 0.717) is 5.69 Å². The van der Waals surface area contributed by atoms with Crippen molar-refractivity contribution in [1.29, 1.82) is 0 Å². The highest BCUT2D eigenvalue weighted by atomic mass is 79.9. The van der Waals surface area contributed by atoms with E-state index in [1.54, 1.807) is 0 Å². The molecule has 0 saturated carbocycles. The molecule has 1 aromatic heterocycles. The number of nitrogens with one attached hydrogen (secondary N) is 1. The largest absolute Gasteiger partial charge is 0.360 e. The Kier molecular flexibility index (Phi) is 3.87. The maximum Gasteiger partial charge on any atom is 0.278 e. The van der Waals surface area contributed by atoms with E-state index >= 15 is 0 Å². The van der Waals surface area contributed by atoms with Crippen LogP contribution in [-0.4, -0.2) is 11.1 Å². The third-order valence-electron chi connectivity index (χ3n) is 3.52. The normalized spacial score (nSPS) is 14.4. The quantitative estimate of drug-likeness (QED) is 0.845. The molecular weight excluding hydrogens is 320 g/mol. The number of hydrogen-bond donors (Lipinski definition) is 1. The SMILES string of the molecule is O=C(Nc1ccc(Br)cc1)c1noc2c1CCCCC2. The van der Waals surface area contributed by atoms with Gasteiger partial charge in [0, 0.05) is 22.1 Å². The molecule has 0 fully saturated rings. The molecule has 20 heavy (non-hydrogen) atoms. The van der Waals surface area contributed by atoms with Gasteiger partial charge in [-0.3, -0.25) is 4.79 Å². The van der Waals surface area contributed by atoms with Crippen LogP contribution in [-0.2, 0) is 12.8 Å². The fraction of sp³-hybridized carbons (Fsp3) is 0.333. The van der Waals surface area contributed by atoms with E-state index in [0.717, 1.165) is 47.2 Å². The minimum atomic E-state index is -0.195. The Bertz CT molecular complexity index is 619. The summed E-state index contributed by atoms with van der Waals surface area (Å²) in [5.41, 5.74) is 2.17. The van der Waals surface area contributed by atoms with Crippen molar-refractivity contribution in [3.63, 3.8) is 0 Å². The number of hydrogen-bond acceptors (Lipinski definition) is 3. The molecule has 2 aromatic rings. The molecule has 0 spiro atoms. The lowest BCUT2D eigenvalue weighted by atomic mass is 10.1. The van der Waals surface area contributed by atoms with Crippen LogP contribution < -0.4 is 5.32 Å². The predicted octanol–water partition coefficient (Wildman–Crippen LogP) is 3.96. The first-order valence-electron chi connectivity index (χ1n) is 6.78. The average Bonchev–Trinajstić information content (AvgIpc) is 2.71. The lowest BCUT2D eigenvalue weighted by Crippen LogP contribution is -2.14. The molecule has 0 saturated heterocycles. The number of benzene rings is 1. The molecule has 1 amide bonds. The van der Waals surface area contributed by atoms with Crippen molar-refractivity contribution in [1.82, 2.24) is 5.16 Å². The number of amides is 1. The van der Waals surface area contributed by atoms with Gasteiger partial charge in [-0.15, -0.1) is 0 Å². The average molecular weight is 335 g/mol. The fourth-order valence-electron chi connectivity index (χ4n) is 2.46. The summed E-state index contributed by atoms with van der Waals surface area (Å²) in [6, 6.07) is 7.47. The summed E-state index contributed by atoms with van der Waals surface area (Å²) in [4.78, 5) is 12.3. The molecule has 1 aliphatic carbocycles. The third kappa shape index (κ3) is 2.77. The number of carbonyl (C=O) groups excluding carboxylic acids is 1. The molecule has 4 nitrogen and oxygen atoms in total. The topological polar surface area (TPSA) is 55.1 Å². The van der Waals surface area contributed by atoms with Crippen LogP contribution in [0.4, 0.5) is 5.69 Å². The Hall–Kier alpha value is -1.62. The second-order valence-electron chi connectivity index (χ2n) is 4.95. The van der Waals surface area contributed by atoms with Crippen LogP contribution in [0.5, 0.6) is 0 Å². The van der Waals surface area contributed by atoms with Gasteiger partial charge in [-0.2, -0.15) is 0 Å². The standard InChI is InChI=1S/C15H15BrN2O2/c16-10-6-8-11(9-7-10)17-15(19)14-12-4-2-1-3-5-13(12)20-18-14/h6-9H,1-5H2,(H,17,19). The maximum absolute atomic E-state index is 12.3. The highest BCUT2D eigenvalue weighted by molar-refractivity contribution is 9.10. The number of anilines is 1. The summed E-state index contributed by atoms with van der Waals surface area (Å²) < 4.78 is 6.30. The number of halogens is 1. The van der Waals surface area contributed by atoms with Gasteiger partial charge in [-0.25, -0.2) is 0 Å². The Balaban J connectivity index is 1.80. The van der Waals surface area contributed by atoms with Crippen molar-refractivity contribution in [2.45, 2.75) is 32.1 Å². The highest BCUT2D eigenvalue weighted by Crippen LogP contribution is 2.24. The zero-order valence-corrected chi connectivity index (χ0v) is 12.6. The molecule has 5 heteroatoms. The van der Waals surface area contributed by atoms with Gasteiger partial charge >= 0.3 is 0 Å². The molecule has 104 valence electrons. The summed E-state index contributed by atoms with van der Waals surface area (Å²) in [6.45, 7) is 0. The van der Waals surface area contributed by atoms with E-state index in [1.807, 2.05) is 24.3 Å². The smallest absolute Gasteiger partial charge is 0.278 e. The molecule has 0 bridgehead atoms. The van der Waals surface area contributed by atoms with Crippen LogP contribution in [0.25, 0.3) is 0 Å². The first kappa shape index (κ1) is 13.4. The van der Waals surface area contributed by atoms with Gasteiger partial charge in [0.15, 0.2) is 5.69 Å². The van der Waals surface area contributed by atoms with Crippen molar-refractivity contribution >= 4 is 27.5 Å². The Morgan fingerprint density at radius 3 is 2.70 bits per heavy atom. The number of nitrogens with zero attached hydrogens (tertiary/aromatic N) is 1. The van der Waals surface area contributed by atoms with E-state index in [1.165, 1.54) is 6.42 Å². The van der Waals surface area contributed by atoms with Crippen LogP contribution >= 0.6 is 15.9 Å². The summed E-state index contributed by atoms with van der Waals surface area (Å²) in [5, 5.41) is 6.82. The van der Waals surface area contributed by atoms with Gasteiger partial charge < -0.3 is 9.84 Å². The van der Waals surface area contributed by atoms with Gasteiger partial charge in [-0.05, 0) is 43.5 Å². The number of rotatable bonds is 2. The summed E-state index contributed by atoms with van der Waals surface area (Å²) in [5.74, 6) is 0.683. The van der Waals surface area contributed by atoms with Crippen LogP contribution in [0, 0.1) is 0 Å². The Morgan fingerprint density at radius 2 is 1.90 bits per heavy atom. The minimum Gasteiger partial charge on any atom is -0.360 e. The number of fused-ring (bicyclic) bond motifs is 1. The molecule has 1 aromatic carbocycles. The van der Waals surface area contributed by atoms with E-state index in [9.17, 15) is 4.79 Å². The lowest BCUT2D eigenvalue weighted by Gasteiger charge is -2.04. The van der Waals surface area contributed by atoms with Gasteiger partial charge in [0.05, 0.1) is 0 Å². The van der Waals surface area contributed by atoms with Crippen molar-refractivity contribution < 1.29 is 9.32 Å². The molecule has 0 aliphatic heterocycles. The van der Waals surface area contributed by atoms with Crippen molar-refractivity contribution in [2.75, 3.05) is 5.32 Å². The second kappa shape index (κ2) is 5.79. The number of aryl methyl sites for hydroxylation is 1. The first-order valence-corrected chi connectivity index (χ1v) is 7.57. The van der Waals surface area contributed by atoms with Gasteiger partial charge in [0.25, 0.3) is 5.91 Å². The summed E-state index contributed by atoms with van der Waals surface area (Å²) in [6.07, 6.45) is 5.14. The zero-order valence-electron chi connectivity index (χ0n) is 11.0. The van der Waals surface area contributed by atoms with Crippen LogP contribution in [0.1, 0.15) is 41.1 Å². The molecule has 1 aliphatic rings. The number of carbonyl (C=O) groups is 1. The van der Waals surface area contributed by atoms with E-state index in [4.69, 9.17) is 4.52 Å². The number of aromatic nitrogens is 1. The van der Waals surface area contributed by atoms with Gasteiger partial charge in [-0.1, -0.05) is 27.5 Å². The van der Waals surface area contributed by atoms with Crippen LogP contribution in [0.15, 0.2) is 33.3 Å². The molecule has 1 heterocycles. The van der Waals surface area contributed by atoms with E-state index < -0.39 is 0 Å². The second-order valence-corrected chi connectivity index (χ2v) is 5.87. The minimum absolute atomic E-state index is 0.195. The molecule has 0 atom stereocenters. The van der Waals surface area contributed by atoms with Crippen molar-refractivity contribution in [2.24, 2.45) is 0 Å². The van der Waals surface area contributed by atoms with E-state index in [2.05, 4.69) is 26.4 Å². The molecule has 3 rings (SSSR count). The molecule has 0 unspecified atom stereocenters. The Labute approximate surface area is 125 Å². The fourth-order valence-corrected chi connectivity index (χ4v) is 2.73. The van der Waals surface area contributed by atoms with Gasteiger partial charge in [0.1, 0.15) is 5.76 Å². The highest BCUT2D eigenvalue weighted by Gasteiger charge is 2.23. The monoisotopic (exact) mass is 334 g/mol.